The first-order valence-corrected chi connectivity index (χ1v) is 14.4. The molecule has 4 atom stereocenters. The van der Waals surface area contributed by atoms with Gasteiger partial charge in [-0.15, -0.1) is 0 Å². The van der Waals surface area contributed by atoms with Crippen molar-refractivity contribution in [1.29, 1.82) is 0 Å². The molecule has 41 heavy (non-hydrogen) atoms. The summed E-state index contributed by atoms with van der Waals surface area (Å²) in [4.78, 5) is 33.2. The van der Waals surface area contributed by atoms with E-state index in [1.807, 2.05) is 112 Å². The van der Waals surface area contributed by atoms with Crippen LogP contribution in [0.2, 0.25) is 0 Å². The van der Waals surface area contributed by atoms with Gasteiger partial charge in [0.2, 0.25) is 5.91 Å². The summed E-state index contributed by atoms with van der Waals surface area (Å²) in [7, 11) is 5.69. The lowest BCUT2D eigenvalue weighted by Crippen LogP contribution is -2.50. The number of nitrogens with zero attached hydrogens (tertiary/aromatic N) is 3. The van der Waals surface area contributed by atoms with E-state index in [9.17, 15) is 14.7 Å². The summed E-state index contributed by atoms with van der Waals surface area (Å²) in [5, 5.41) is 10.1. The number of benzene rings is 3. The third-order valence-electron chi connectivity index (χ3n) is 8.10. The summed E-state index contributed by atoms with van der Waals surface area (Å²) in [6.07, 6.45) is 0.277. The highest BCUT2D eigenvalue weighted by molar-refractivity contribution is 6.01. The first-order chi connectivity index (χ1) is 19.7. The van der Waals surface area contributed by atoms with E-state index in [-0.39, 0.29) is 42.5 Å². The van der Waals surface area contributed by atoms with E-state index in [0.717, 1.165) is 22.3 Å². The molecule has 0 saturated heterocycles. The molecule has 0 spiro atoms. The molecule has 3 aromatic rings. The molecular formula is C34H43N3O4. The smallest absolute Gasteiger partial charge is 0.254 e. The molecule has 2 amide bonds. The molecule has 1 N–H and O–H groups in total. The minimum absolute atomic E-state index is 0.0217. The van der Waals surface area contributed by atoms with Crippen molar-refractivity contribution in [3.8, 4) is 11.1 Å². The van der Waals surface area contributed by atoms with Gasteiger partial charge >= 0.3 is 0 Å². The van der Waals surface area contributed by atoms with Crippen LogP contribution in [0.25, 0.3) is 11.1 Å². The van der Waals surface area contributed by atoms with Crippen LogP contribution in [-0.2, 0) is 22.6 Å². The Labute approximate surface area is 244 Å². The monoisotopic (exact) mass is 557 g/mol. The zero-order chi connectivity index (χ0) is 29.5. The lowest BCUT2D eigenvalue weighted by Gasteiger charge is -2.36. The first kappa shape index (κ1) is 30.4. The van der Waals surface area contributed by atoms with Gasteiger partial charge in [0.25, 0.3) is 5.91 Å². The molecule has 4 rings (SSSR count). The summed E-state index contributed by atoms with van der Waals surface area (Å²) < 4.78 is 6.60. The Balaban J connectivity index is 1.65. The van der Waals surface area contributed by atoms with Crippen LogP contribution in [0, 0.1) is 5.92 Å². The Kier molecular flexibility index (Phi) is 10.3. The third kappa shape index (κ3) is 7.22. The maximum absolute atomic E-state index is 14.0. The van der Waals surface area contributed by atoms with E-state index < -0.39 is 0 Å². The number of aliphatic hydroxyl groups excluding tert-OH is 1. The predicted molar refractivity (Wildman–Crippen MR) is 162 cm³/mol. The number of rotatable bonds is 8. The van der Waals surface area contributed by atoms with Crippen molar-refractivity contribution in [2.24, 2.45) is 5.92 Å². The van der Waals surface area contributed by atoms with E-state index in [1.165, 1.54) is 0 Å². The van der Waals surface area contributed by atoms with Crippen molar-refractivity contribution in [1.82, 2.24) is 14.7 Å². The molecule has 0 bridgehead atoms. The summed E-state index contributed by atoms with van der Waals surface area (Å²) in [5.74, 6) is -0.203. The van der Waals surface area contributed by atoms with Gasteiger partial charge in [-0.25, -0.2) is 0 Å². The van der Waals surface area contributed by atoms with Crippen molar-refractivity contribution < 1.29 is 19.4 Å². The molecule has 7 nitrogen and oxygen atoms in total. The quantitative estimate of drug-likeness (QED) is 0.446. The molecule has 7 heteroatoms. The average molecular weight is 558 g/mol. The maximum atomic E-state index is 14.0. The van der Waals surface area contributed by atoms with Crippen LogP contribution in [0.3, 0.4) is 0 Å². The lowest BCUT2D eigenvalue weighted by molar-refractivity contribution is -0.137. The first-order valence-electron chi connectivity index (χ1n) is 14.4. The van der Waals surface area contributed by atoms with Gasteiger partial charge in [0.15, 0.2) is 0 Å². The minimum Gasteiger partial charge on any atom is -0.394 e. The van der Waals surface area contributed by atoms with E-state index in [1.54, 1.807) is 9.80 Å². The van der Waals surface area contributed by atoms with Crippen molar-refractivity contribution in [3.05, 3.63) is 95.6 Å². The van der Waals surface area contributed by atoms with Gasteiger partial charge in [0, 0.05) is 31.6 Å². The topological polar surface area (TPSA) is 73.3 Å². The number of amides is 2. The van der Waals surface area contributed by atoms with Gasteiger partial charge in [-0.3, -0.25) is 14.5 Å². The average Bonchev–Trinajstić information content (AvgIpc) is 3.01. The van der Waals surface area contributed by atoms with Crippen molar-refractivity contribution >= 4 is 11.8 Å². The van der Waals surface area contributed by atoms with Crippen LogP contribution in [0.4, 0.5) is 0 Å². The van der Waals surface area contributed by atoms with Crippen LogP contribution in [-0.4, -0.2) is 90.6 Å². The van der Waals surface area contributed by atoms with E-state index in [2.05, 4.69) is 6.92 Å². The van der Waals surface area contributed by atoms with Gasteiger partial charge in [-0.2, -0.15) is 0 Å². The largest absolute Gasteiger partial charge is 0.394 e. The van der Waals surface area contributed by atoms with Crippen LogP contribution < -0.4 is 0 Å². The van der Waals surface area contributed by atoms with E-state index in [4.69, 9.17) is 4.74 Å². The van der Waals surface area contributed by atoms with Crippen LogP contribution >= 0.6 is 0 Å². The zero-order valence-corrected chi connectivity index (χ0v) is 24.9. The molecule has 1 aliphatic heterocycles. The molecule has 0 fully saturated rings. The summed E-state index contributed by atoms with van der Waals surface area (Å²) in [6.45, 7) is 4.88. The SMILES string of the molecule is C[C@H]1CN([C@@H](C)CO)C(=O)c2ccccc2-c2ccccc2CO[C@@H]1CN(C)C(=O)[C@H](Cc1ccccc1)N(C)C. The lowest BCUT2D eigenvalue weighted by atomic mass is 9.94. The number of aliphatic hydroxyl groups is 1. The second kappa shape index (κ2) is 13.9. The fourth-order valence-corrected chi connectivity index (χ4v) is 5.49. The van der Waals surface area contributed by atoms with Gasteiger partial charge in [-0.1, -0.05) is 79.7 Å². The molecule has 0 saturated carbocycles. The van der Waals surface area contributed by atoms with Gasteiger partial charge < -0.3 is 19.6 Å². The maximum Gasteiger partial charge on any atom is 0.254 e. The Morgan fingerprint density at radius 1 is 0.951 bits per heavy atom. The zero-order valence-electron chi connectivity index (χ0n) is 24.9. The molecular weight excluding hydrogens is 514 g/mol. The van der Waals surface area contributed by atoms with Crippen LogP contribution in [0.1, 0.15) is 35.3 Å². The molecule has 0 radical (unpaired) electrons. The van der Waals surface area contributed by atoms with Crippen LogP contribution in [0.5, 0.6) is 0 Å². The minimum atomic E-state index is -0.377. The van der Waals surface area contributed by atoms with Gasteiger partial charge in [-0.05, 0) is 55.8 Å². The van der Waals surface area contributed by atoms with Crippen LogP contribution in [0.15, 0.2) is 78.9 Å². The Morgan fingerprint density at radius 2 is 1.56 bits per heavy atom. The molecule has 0 aliphatic carbocycles. The number of carbonyl (C=O) groups is 2. The normalized spacial score (nSPS) is 19.1. The predicted octanol–water partition coefficient (Wildman–Crippen LogP) is 4.34. The van der Waals surface area contributed by atoms with Gasteiger partial charge in [0.05, 0.1) is 31.4 Å². The number of ether oxygens (including phenoxy) is 1. The Bertz CT molecular complexity index is 1310. The third-order valence-corrected chi connectivity index (χ3v) is 8.10. The summed E-state index contributed by atoms with van der Waals surface area (Å²) in [6, 6.07) is 25.0. The van der Waals surface area contributed by atoms with Crippen molar-refractivity contribution in [2.45, 2.75) is 45.1 Å². The van der Waals surface area contributed by atoms with E-state index in [0.29, 0.717) is 31.7 Å². The second-order valence-corrected chi connectivity index (χ2v) is 11.4. The molecule has 1 heterocycles. The Hall–Kier alpha value is -3.52. The number of likely N-dealkylation sites (N-methyl/N-ethyl adjacent to an activating group) is 2. The summed E-state index contributed by atoms with van der Waals surface area (Å²) >= 11 is 0. The number of carbonyl (C=O) groups excluding carboxylic acids is 2. The molecule has 218 valence electrons. The fourth-order valence-electron chi connectivity index (χ4n) is 5.49. The number of fused-ring (bicyclic) bond motifs is 3. The summed E-state index contributed by atoms with van der Waals surface area (Å²) in [5.41, 5.74) is 4.49. The standard InChI is InChI=1S/C34H43N3O4/c1-24-20-37(25(2)22-38)33(39)30-18-12-11-17-29(30)28-16-10-9-15-27(28)23-41-32(24)21-36(5)34(40)31(35(3)4)19-26-13-7-6-8-14-26/h6-18,24-25,31-32,38H,19-23H2,1-5H3/t24-,25-,31-,32+/m0/s1. The molecule has 0 unspecified atom stereocenters. The Morgan fingerprint density at radius 3 is 2.22 bits per heavy atom. The fraction of sp³-hybridized carbons (Fsp3) is 0.412. The highest BCUT2D eigenvalue weighted by atomic mass is 16.5. The molecule has 1 aliphatic rings. The van der Waals surface area contributed by atoms with Gasteiger partial charge in [0.1, 0.15) is 0 Å². The number of hydrogen-bond donors (Lipinski definition) is 1. The highest BCUT2D eigenvalue weighted by Crippen LogP contribution is 2.31. The van der Waals surface area contributed by atoms with Crippen molar-refractivity contribution in [2.75, 3.05) is 40.8 Å². The molecule has 3 aromatic carbocycles. The second-order valence-electron chi connectivity index (χ2n) is 11.4. The highest BCUT2D eigenvalue weighted by Gasteiger charge is 2.32. The van der Waals surface area contributed by atoms with Crippen molar-refractivity contribution in [3.63, 3.8) is 0 Å². The number of hydrogen-bond acceptors (Lipinski definition) is 5. The van der Waals surface area contributed by atoms with E-state index >= 15 is 0 Å². The molecule has 0 aromatic heterocycles.